The molecule has 0 spiro atoms. The van der Waals surface area contributed by atoms with Gasteiger partial charge in [0.15, 0.2) is 0 Å². The van der Waals surface area contributed by atoms with E-state index in [1.165, 1.54) is 32.1 Å². The van der Waals surface area contributed by atoms with E-state index >= 15 is 0 Å². The lowest BCUT2D eigenvalue weighted by atomic mass is 9.77. The van der Waals surface area contributed by atoms with Gasteiger partial charge < -0.3 is 5.11 Å². The van der Waals surface area contributed by atoms with Gasteiger partial charge in [0.05, 0.1) is 5.60 Å². The van der Waals surface area contributed by atoms with Crippen LogP contribution in [-0.4, -0.2) is 10.7 Å². The maximum atomic E-state index is 10.2. The van der Waals surface area contributed by atoms with Gasteiger partial charge in [-0.1, -0.05) is 33.1 Å². The first-order valence-electron chi connectivity index (χ1n) is 5.89. The van der Waals surface area contributed by atoms with Crippen LogP contribution in [0, 0.1) is 5.92 Å². The average Bonchev–Trinajstić information content (AvgIpc) is 2.12. The lowest BCUT2D eigenvalue weighted by Crippen LogP contribution is -2.33. The van der Waals surface area contributed by atoms with Crippen molar-refractivity contribution in [3.63, 3.8) is 0 Å². The average molecular weight is 184 g/mol. The van der Waals surface area contributed by atoms with Crippen LogP contribution in [0.4, 0.5) is 0 Å². The predicted molar refractivity (Wildman–Crippen MR) is 56.7 cm³/mol. The highest BCUT2D eigenvalue weighted by atomic mass is 16.3. The third-order valence-corrected chi connectivity index (χ3v) is 3.45. The Balaban J connectivity index is 2.22. The van der Waals surface area contributed by atoms with Crippen LogP contribution in [0.1, 0.15) is 65.2 Å². The van der Waals surface area contributed by atoms with Crippen molar-refractivity contribution in [1.29, 1.82) is 0 Å². The lowest BCUT2D eigenvalue weighted by molar-refractivity contribution is -0.0163. The first-order valence-corrected chi connectivity index (χ1v) is 5.89. The smallest absolute Gasteiger partial charge is 0.0648 e. The molecule has 0 heterocycles. The first-order chi connectivity index (χ1) is 6.16. The van der Waals surface area contributed by atoms with Crippen LogP contribution in [0.15, 0.2) is 0 Å². The molecular formula is C12H24O. The zero-order valence-corrected chi connectivity index (χ0v) is 9.18. The molecule has 13 heavy (non-hydrogen) atoms. The molecule has 1 saturated carbocycles. The highest BCUT2D eigenvalue weighted by Gasteiger charge is 2.30. The quantitative estimate of drug-likeness (QED) is 0.663. The van der Waals surface area contributed by atoms with Crippen LogP contribution in [0.3, 0.4) is 0 Å². The third kappa shape index (κ3) is 3.68. The molecule has 1 N–H and O–H groups in total. The van der Waals surface area contributed by atoms with Gasteiger partial charge in [0.1, 0.15) is 0 Å². The van der Waals surface area contributed by atoms with E-state index in [0.29, 0.717) is 0 Å². The van der Waals surface area contributed by atoms with Gasteiger partial charge in [-0.3, -0.25) is 0 Å². The van der Waals surface area contributed by atoms with Crippen molar-refractivity contribution in [2.45, 2.75) is 70.8 Å². The van der Waals surface area contributed by atoms with Crippen molar-refractivity contribution in [3.8, 4) is 0 Å². The van der Waals surface area contributed by atoms with Crippen LogP contribution < -0.4 is 0 Å². The molecule has 0 bridgehead atoms. The second kappa shape index (κ2) is 4.99. The van der Waals surface area contributed by atoms with Gasteiger partial charge in [0, 0.05) is 0 Å². The summed E-state index contributed by atoms with van der Waals surface area (Å²) in [4.78, 5) is 0. The highest BCUT2D eigenvalue weighted by Crippen LogP contribution is 2.35. The summed E-state index contributed by atoms with van der Waals surface area (Å²) in [6, 6.07) is 0. The first kappa shape index (κ1) is 11.0. The number of hydrogen-bond donors (Lipinski definition) is 1. The molecule has 0 radical (unpaired) electrons. The fourth-order valence-corrected chi connectivity index (χ4v) is 2.25. The Hall–Kier alpha value is -0.0400. The van der Waals surface area contributed by atoms with Crippen LogP contribution in [-0.2, 0) is 0 Å². The summed E-state index contributed by atoms with van der Waals surface area (Å²) >= 11 is 0. The maximum absolute atomic E-state index is 10.2. The molecule has 1 aliphatic carbocycles. The topological polar surface area (TPSA) is 20.2 Å². The zero-order valence-electron chi connectivity index (χ0n) is 9.18. The summed E-state index contributed by atoms with van der Waals surface area (Å²) in [6.07, 6.45) is 9.31. The second-order valence-corrected chi connectivity index (χ2v) is 4.86. The van der Waals surface area contributed by atoms with Crippen molar-refractivity contribution < 1.29 is 5.11 Å². The van der Waals surface area contributed by atoms with Gasteiger partial charge in [-0.2, -0.15) is 0 Å². The lowest BCUT2D eigenvalue weighted by Gasteiger charge is -2.35. The van der Waals surface area contributed by atoms with E-state index in [9.17, 15) is 5.11 Å². The minimum absolute atomic E-state index is 0.290. The molecule has 0 saturated heterocycles. The van der Waals surface area contributed by atoms with Crippen molar-refractivity contribution >= 4 is 0 Å². The normalized spacial score (nSPS) is 34.8. The molecule has 1 heteroatoms. The van der Waals surface area contributed by atoms with E-state index in [1.807, 2.05) is 0 Å². The summed E-state index contributed by atoms with van der Waals surface area (Å²) in [7, 11) is 0. The second-order valence-electron chi connectivity index (χ2n) is 4.86. The van der Waals surface area contributed by atoms with Gasteiger partial charge in [-0.15, -0.1) is 0 Å². The molecular weight excluding hydrogens is 160 g/mol. The molecule has 0 atom stereocenters. The summed E-state index contributed by atoms with van der Waals surface area (Å²) in [5, 5.41) is 10.2. The Kier molecular flexibility index (Phi) is 4.24. The number of rotatable bonds is 4. The van der Waals surface area contributed by atoms with Crippen LogP contribution in [0.2, 0.25) is 0 Å². The van der Waals surface area contributed by atoms with E-state index in [0.717, 1.165) is 25.2 Å². The Labute approximate surface area is 82.5 Å². The Bertz CT molecular complexity index is 134. The Morgan fingerprint density at radius 2 is 1.85 bits per heavy atom. The van der Waals surface area contributed by atoms with Crippen LogP contribution >= 0.6 is 0 Å². The molecule has 78 valence electrons. The van der Waals surface area contributed by atoms with Gasteiger partial charge in [0.2, 0.25) is 0 Å². The maximum Gasteiger partial charge on any atom is 0.0648 e. The molecule has 0 aromatic heterocycles. The minimum atomic E-state index is -0.290. The van der Waals surface area contributed by atoms with Gasteiger partial charge in [0.25, 0.3) is 0 Å². The molecule has 0 amide bonds. The Morgan fingerprint density at radius 3 is 2.38 bits per heavy atom. The fourth-order valence-electron chi connectivity index (χ4n) is 2.25. The monoisotopic (exact) mass is 184 g/mol. The molecule has 1 aliphatic rings. The molecule has 1 nitrogen and oxygen atoms in total. The largest absolute Gasteiger partial charge is 0.390 e. The molecule has 0 aliphatic heterocycles. The number of unbranched alkanes of at least 4 members (excludes halogenated alkanes) is 2. The summed E-state index contributed by atoms with van der Waals surface area (Å²) in [6.45, 7) is 4.51. The van der Waals surface area contributed by atoms with Gasteiger partial charge >= 0.3 is 0 Å². The van der Waals surface area contributed by atoms with E-state index < -0.39 is 0 Å². The van der Waals surface area contributed by atoms with E-state index in [2.05, 4.69) is 13.8 Å². The van der Waals surface area contributed by atoms with Crippen molar-refractivity contribution in [2.75, 3.05) is 0 Å². The standard InChI is InChI=1S/C12H24O/c1-3-4-5-8-12(13)9-6-11(2)7-10-12/h11,13H,3-10H2,1-2H3. The van der Waals surface area contributed by atoms with Crippen LogP contribution in [0.5, 0.6) is 0 Å². The SMILES string of the molecule is CCCCCC1(O)CCC(C)CC1. The number of aliphatic hydroxyl groups is 1. The summed E-state index contributed by atoms with van der Waals surface area (Å²) in [5.74, 6) is 0.839. The fraction of sp³-hybridized carbons (Fsp3) is 1.00. The predicted octanol–water partition coefficient (Wildman–Crippen LogP) is 3.51. The van der Waals surface area contributed by atoms with Crippen molar-refractivity contribution in [1.82, 2.24) is 0 Å². The van der Waals surface area contributed by atoms with E-state index in [4.69, 9.17) is 0 Å². The van der Waals surface area contributed by atoms with Crippen molar-refractivity contribution in [2.24, 2.45) is 5.92 Å². The van der Waals surface area contributed by atoms with Crippen molar-refractivity contribution in [3.05, 3.63) is 0 Å². The van der Waals surface area contributed by atoms with E-state index in [1.54, 1.807) is 0 Å². The molecule has 1 fully saturated rings. The Morgan fingerprint density at radius 1 is 1.23 bits per heavy atom. The van der Waals surface area contributed by atoms with Gasteiger partial charge in [-0.05, 0) is 38.0 Å². The highest BCUT2D eigenvalue weighted by molar-refractivity contribution is 4.84. The summed E-state index contributed by atoms with van der Waals surface area (Å²) in [5.41, 5.74) is -0.290. The molecule has 1 rings (SSSR count). The third-order valence-electron chi connectivity index (χ3n) is 3.45. The van der Waals surface area contributed by atoms with E-state index in [-0.39, 0.29) is 5.60 Å². The molecule has 0 aromatic carbocycles. The minimum Gasteiger partial charge on any atom is -0.390 e. The molecule has 0 unspecified atom stereocenters. The summed E-state index contributed by atoms with van der Waals surface area (Å²) < 4.78 is 0. The number of hydrogen-bond acceptors (Lipinski definition) is 1. The van der Waals surface area contributed by atoms with Gasteiger partial charge in [-0.25, -0.2) is 0 Å². The molecule has 0 aromatic rings. The van der Waals surface area contributed by atoms with Crippen LogP contribution in [0.25, 0.3) is 0 Å². The zero-order chi connectivity index (χ0) is 9.73.